The van der Waals surface area contributed by atoms with E-state index in [9.17, 15) is 4.79 Å². The van der Waals surface area contributed by atoms with Gasteiger partial charge in [-0.15, -0.1) is 0 Å². The second kappa shape index (κ2) is 2.71. The Morgan fingerprint density at radius 3 is 2.54 bits per heavy atom. The fraction of sp³-hybridized carbons (Fsp3) is 0.900. The molecular weight excluding hydrogens is 166 g/mol. The van der Waals surface area contributed by atoms with Crippen LogP contribution in [-0.2, 0) is 4.79 Å². The number of amides is 1. The second-order valence-corrected chi connectivity index (χ2v) is 4.73. The van der Waals surface area contributed by atoms with Crippen LogP contribution in [0.15, 0.2) is 0 Å². The van der Waals surface area contributed by atoms with E-state index >= 15 is 0 Å². The maximum atomic E-state index is 11.7. The maximum absolute atomic E-state index is 11.7. The molecule has 3 heteroatoms. The molecule has 0 aromatic carbocycles. The molecule has 0 radical (unpaired) electrons. The van der Waals surface area contributed by atoms with Crippen molar-refractivity contribution in [3.8, 4) is 0 Å². The van der Waals surface area contributed by atoms with Gasteiger partial charge in [-0.2, -0.15) is 0 Å². The number of carbonyl (C=O) groups excluding carboxylic acids is 1. The quantitative estimate of drug-likeness (QED) is 0.687. The normalized spacial score (nSPS) is 32.7. The van der Waals surface area contributed by atoms with Crippen molar-refractivity contribution in [2.45, 2.75) is 44.7 Å². The molecule has 1 saturated heterocycles. The predicted octanol–water partition coefficient (Wildman–Crippen LogP) is 0.768. The molecule has 0 bridgehead atoms. The molecule has 2 fully saturated rings. The summed E-state index contributed by atoms with van der Waals surface area (Å²) in [6, 6.07) is 0.471. The van der Waals surface area contributed by atoms with Gasteiger partial charge in [-0.3, -0.25) is 4.79 Å². The summed E-state index contributed by atoms with van der Waals surface area (Å²) in [7, 11) is 0. The van der Waals surface area contributed by atoms with E-state index in [0.717, 1.165) is 12.8 Å². The predicted molar refractivity (Wildman–Crippen MR) is 49.1 cm³/mol. The van der Waals surface area contributed by atoms with Crippen LogP contribution in [0.25, 0.3) is 0 Å². The number of rotatable bonds is 2. The Kier molecular flexibility index (Phi) is 1.88. The molecule has 2 aliphatic rings. The van der Waals surface area contributed by atoms with E-state index in [1.807, 2.05) is 4.90 Å². The summed E-state index contributed by atoms with van der Waals surface area (Å²) in [6.07, 6.45) is 2.82. The Hall–Kier alpha value is -0.570. The van der Waals surface area contributed by atoms with Crippen LogP contribution in [0, 0.1) is 5.92 Å². The molecule has 1 aliphatic heterocycles. The summed E-state index contributed by atoms with van der Waals surface area (Å²) in [5.74, 6) is 0.354. The molecule has 1 N–H and O–H groups in total. The minimum atomic E-state index is -0.132. The van der Waals surface area contributed by atoms with Crippen molar-refractivity contribution >= 4 is 5.91 Å². The van der Waals surface area contributed by atoms with Crippen molar-refractivity contribution in [2.75, 3.05) is 6.61 Å². The number of aliphatic hydroxyl groups excluding tert-OH is 1. The first-order chi connectivity index (χ1) is 6.07. The first kappa shape index (κ1) is 9.00. The molecule has 1 aliphatic carbocycles. The fourth-order valence-electron chi connectivity index (χ4n) is 2.37. The van der Waals surface area contributed by atoms with Gasteiger partial charge < -0.3 is 10.0 Å². The Labute approximate surface area is 78.7 Å². The second-order valence-electron chi connectivity index (χ2n) is 4.73. The summed E-state index contributed by atoms with van der Waals surface area (Å²) in [5.41, 5.74) is -0.132. The van der Waals surface area contributed by atoms with Crippen LogP contribution in [0.5, 0.6) is 0 Å². The summed E-state index contributed by atoms with van der Waals surface area (Å²) in [6.45, 7) is 4.26. The third-order valence-corrected chi connectivity index (χ3v) is 3.44. The number of hydrogen-bond donors (Lipinski definition) is 1. The van der Waals surface area contributed by atoms with E-state index in [0.29, 0.717) is 12.5 Å². The van der Waals surface area contributed by atoms with E-state index in [4.69, 9.17) is 5.11 Å². The lowest BCUT2D eigenvalue weighted by Crippen LogP contribution is -2.46. The summed E-state index contributed by atoms with van der Waals surface area (Å²) < 4.78 is 0. The van der Waals surface area contributed by atoms with Crippen molar-refractivity contribution < 1.29 is 9.90 Å². The SMILES string of the molecule is CC1(C)C(CO)CC(=O)N1C1CC1. The zero-order valence-corrected chi connectivity index (χ0v) is 8.29. The van der Waals surface area contributed by atoms with Crippen molar-refractivity contribution in [1.82, 2.24) is 4.90 Å². The maximum Gasteiger partial charge on any atom is 0.223 e. The highest BCUT2D eigenvalue weighted by molar-refractivity contribution is 5.80. The average Bonchev–Trinajstić information content (AvgIpc) is 2.80. The van der Waals surface area contributed by atoms with Gasteiger partial charge in [0.15, 0.2) is 0 Å². The lowest BCUT2D eigenvalue weighted by Gasteiger charge is -2.35. The van der Waals surface area contributed by atoms with Crippen molar-refractivity contribution in [3.63, 3.8) is 0 Å². The standard InChI is InChI=1S/C10H17NO2/c1-10(2)7(6-12)5-9(13)11(10)8-3-4-8/h7-8,12H,3-6H2,1-2H3. The third-order valence-electron chi connectivity index (χ3n) is 3.44. The Bertz CT molecular complexity index is 233. The molecule has 0 spiro atoms. The van der Waals surface area contributed by atoms with Crippen LogP contribution >= 0.6 is 0 Å². The molecule has 0 aromatic rings. The van der Waals surface area contributed by atoms with Gasteiger partial charge in [0.1, 0.15) is 0 Å². The largest absolute Gasteiger partial charge is 0.396 e. The van der Waals surface area contributed by atoms with E-state index in [2.05, 4.69) is 13.8 Å². The molecule has 1 saturated carbocycles. The van der Waals surface area contributed by atoms with Crippen LogP contribution in [-0.4, -0.2) is 34.1 Å². The van der Waals surface area contributed by atoms with Gasteiger partial charge >= 0.3 is 0 Å². The average molecular weight is 183 g/mol. The van der Waals surface area contributed by atoms with E-state index < -0.39 is 0 Å². The highest BCUT2D eigenvalue weighted by Gasteiger charge is 2.51. The molecule has 2 rings (SSSR count). The molecule has 1 amide bonds. The van der Waals surface area contributed by atoms with Crippen molar-refractivity contribution in [3.05, 3.63) is 0 Å². The number of nitrogens with zero attached hydrogens (tertiary/aromatic N) is 1. The molecule has 74 valence electrons. The van der Waals surface area contributed by atoms with Crippen molar-refractivity contribution in [1.29, 1.82) is 0 Å². The van der Waals surface area contributed by atoms with Crippen LogP contribution in [0.2, 0.25) is 0 Å². The molecule has 1 heterocycles. The van der Waals surface area contributed by atoms with E-state index in [1.165, 1.54) is 0 Å². The molecule has 0 aromatic heterocycles. The van der Waals surface area contributed by atoms with E-state index in [-0.39, 0.29) is 24.0 Å². The highest BCUT2D eigenvalue weighted by atomic mass is 16.3. The smallest absolute Gasteiger partial charge is 0.223 e. The van der Waals surface area contributed by atoms with Gasteiger partial charge in [-0.05, 0) is 26.7 Å². The third kappa shape index (κ3) is 1.26. The monoisotopic (exact) mass is 183 g/mol. The van der Waals surface area contributed by atoms with Crippen LogP contribution < -0.4 is 0 Å². The van der Waals surface area contributed by atoms with Gasteiger partial charge in [-0.25, -0.2) is 0 Å². The van der Waals surface area contributed by atoms with Crippen LogP contribution in [0.3, 0.4) is 0 Å². The van der Waals surface area contributed by atoms with Crippen LogP contribution in [0.1, 0.15) is 33.1 Å². The van der Waals surface area contributed by atoms with Gasteiger partial charge in [-0.1, -0.05) is 0 Å². The van der Waals surface area contributed by atoms with Gasteiger partial charge in [0, 0.05) is 30.5 Å². The fourth-order valence-corrected chi connectivity index (χ4v) is 2.37. The summed E-state index contributed by atoms with van der Waals surface area (Å²) in [4.78, 5) is 13.6. The molecule has 3 nitrogen and oxygen atoms in total. The Morgan fingerprint density at radius 2 is 2.15 bits per heavy atom. The lowest BCUT2D eigenvalue weighted by molar-refractivity contribution is -0.131. The lowest BCUT2D eigenvalue weighted by atomic mass is 9.89. The van der Waals surface area contributed by atoms with E-state index in [1.54, 1.807) is 0 Å². The number of likely N-dealkylation sites (tertiary alicyclic amines) is 1. The van der Waals surface area contributed by atoms with Crippen LogP contribution in [0.4, 0.5) is 0 Å². The Morgan fingerprint density at radius 1 is 1.54 bits per heavy atom. The topological polar surface area (TPSA) is 40.5 Å². The highest BCUT2D eigenvalue weighted by Crippen LogP contribution is 2.42. The number of carbonyl (C=O) groups is 1. The Balaban J connectivity index is 2.20. The zero-order chi connectivity index (χ0) is 9.64. The zero-order valence-electron chi connectivity index (χ0n) is 8.29. The minimum Gasteiger partial charge on any atom is -0.396 e. The minimum absolute atomic E-state index is 0.126. The summed E-state index contributed by atoms with van der Waals surface area (Å²) >= 11 is 0. The van der Waals surface area contributed by atoms with Crippen molar-refractivity contribution in [2.24, 2.45) is 5.92 Å². The molecule has 13 heavy (non-hydrogen) atoms. The first-order valence-corrected chi connectivity index (χ1v) is 5.00. The van der Waals surface area contributed by atoms with Gasteiger partial charge in [0.25, 0.3) is 0 Å². The number of aliphatic hydroxyl groups is 1. The molecular formula is C10H17NO2. The first-order valence-electron chi connectivity index (χ1n) is 5.00. The molecule has 1 unspecified atom stereocenters. The van der Waals surface area contributed by atoms with Gasteiger partial charge in [0.05, 0.1) is 0 Å². The number of hydrogen-bond acceptors (Lipinski definition) is 2. The summed E-state index contributed by atoms with van der Waals surface area (Å²) in [5, 5.41) is 9.16. The molecule has 1 atom stereocenters. The van der Waals surface area contributed by atoms with Gasteiger partial charge in [0.2, 0.25) is 5.91 Å².